The van der Waals surface area contributed by atoms with Crippen LogP contribution in [0, 0.1) is 0 Å². The molecule has 0 bridgehead atoms. The number of ether oxygens (including phenoxy) is 1. The third-order valence-electron chi connectivity index (χ3n) is 6.22. The fourth-order valence-corrected chi connectivity index (χ4v) is 4.40. The van der Waals surface area contributed by atoms with Gasteiger partial charge in [0.2, 0.25) is 5.91 Å². The van der Waals surface area contributed by atoms with Crippen LogP contribution in [-0.2, 0) is 26.9 Å². The number of amides is 1. The molecule has 178 valence electrons. The van der Waals surface area contributed by atoms with Crippen LogP contribution in [0.5, 0.6) is 0 Å². The van der Waals surface area contributed by atoms with Crippen molar-refractivity contribution in [3.63, 3.8) is 0 Å². The maximum absolute atomic E-state index is 13.4. The number of hydrogen-bond acceptors (Lipinski definition) is 4. The molecule has 0 unspecified atom stereocenters. The zero-order chi connectivity index (χ0) is 24.1. The van der Waals surface area contributed by atoms with Gasteiger partial charge >= 0.3 is 12.1 Å². The predicted octanol–water partition coefficient (Wildman–Crippen LogP) is 4.70. The maximum atomic E-state index is 13.4. The smallest absolute Gasteiger partial charge is 0.416 e. The van der Waals surface area contributed by atoms with E-state index < -0.39 is 29.2 Å². The number of alkyl halides is 3. The van der Waals surface area contributed by atoms with Gasteiger partial charge in [-0.3, -0.25) is 9.69 Å². The molecule has 2 aromatic rings. The van der Waals surface area contributed by atoms with E-state index in [-0.39, 0.29) is 24.9 Å². The van der Waals surface area contributed by atoms with Gasteiger partial charge in [0.15, 0.2) is 0 Å². The van der Waals surface area contributed by atoms with Crippen molar-refractivity contribution in [3.8, 4) is 0 Å². The summed E-state index contributed by atoms with van der Waals surface area (Å²) >= 11 is 0. The van der Waals surface area contributed by atoms with Gasteiger partial charge in [0.1, 0.15) is 5.54 Å². The molecule has 0 radical (unpaired) electrons. The van der Waals surface area contributed by atoms with E-state index in [9.17, 15) is 22.8 Å². The lowest BCUT2D eigenvalue weighted by atomic mass is 9.84. The van der Waals surface area contributed by atoms with E-state index in [0.29, 0.717) is 13.1 Å². The van der Waals surface area contributed by atoms with Crippen molar-refractivity contribution in [2.45, 2.75) is 44.3 Å². The minimum Gasteiger partial charge on any atom is -0.467 e. The van der Waals surface area contributed by atoms with Crippen molar-refractivity contribution < 1.29 is 27.5 Å². The Hall–Kier alpha value is -2.87. The van der Waals surface area contributed by atoms with Crippen LogP contribution >= 0.6 is 0 Å². The molecule has 0 spiro atoms. The van der Waals surface area contributed by atoms with Crippen LogP contribution in [0.2, 0.25) is 0 Å². The summed E-state index contributed by atoms with van der Waals surface area (Å²) < 4.78 is 45.1. The lowest BCUT2D eigenvalue weighted by Gasteiger charge is -2.46. The topological polar surface area (TPSA) is 49.9 Å². The number of carbonyl (C=O) groups is 2. The molecule has 1 aliphatic heterocycles. The first-order valence-electron chi connectivity index (χ1n) is 11.1. The Labute approximate surface area is 192 Å². The van der Waals surface area contributed by atoms with E-state index in [1.165, 1.54) is 29.7 Å². The van der Waals surface area contributed by atoms with Crippen LogP contribution in [0.3, 0.4) is 0 Å². The molecular formula is C25H29F3N2O3. The van der Waals surface area contributed by atoms with Gasteiger partial charge in [-0.15, -0.1) is 0 Å². The van der Waals surface area contributed by atoms with Gasteiger partial charge in [0, 0.05) is 31.7 Å². The number of halogens is 3. The summed E-state index contributed by atoms with van der Waals surface area (Å²) in [7, 11) is 1.24. The van der Waals surface area contributed by atoms with Gasteiger partial charge in [-0.05, 0) is 43.0 Å². The van der Waals surface area contributed by atoms with Crippen LogP contribution < -0.4 is 4.90 Å². The van der Waals surface area contributed by atoms with Crippen molar-refractivity contribution in [1.29, 1.82) is 0 Å². The van der Waals surface area contributed by atoms with Crippen LogP contribution in [0.25, 0.3) is 0 Å². The molecule has 1 fully saturated rings. The molecule has 0 saturated carbocycles. The van der Waals surface area contributed by atoms with Crippen molar-refractivity contribution in [1.82, 2.24) is 4.90 Å². The van der Waals surface area contributed by atoms with E-state index in [4.69, 9.17) is 4.74 Å². The third kappa shape index (κ3) is 5.55. The fourth-order valence-electron chi connectivity index (χ4n) is 4.40. The van der Waals surface area contributed by atoms with Crippen LogP contribution in [0.4, 0.5) is 18.9 Å². The van der Waals surface area contributed by atoms with Crippen molar-refractivity contribution in [2.24, 2.45) is 0 Å². The maximum Gasteiger partial charge on any atom is 0.416 e. The summed E-state index contributed by atoms with van der Waals surface area (Å²) in [6.45, 7) is 3.46. The van der Waals surface area contributed by atoms with E-state index in [2.05, 4.69) is 17.0 Å². The number of benzene rings is 2. The number of esters is 1. The quantitative estimate of drug-likeness (QED) is 0.560. The number of carbonyl (C=O) groups excluding carboxylic acids is 2. The molecule has 33 heavy (non-hydrogen) atoms. The molecule has 3 rings (SSSR count). The average Bonchev–Trinajstić information content (AvgIpc) is 2.83. The zero-order valence-electron chi connectivity index (χ0n) is 18.9. The first-order chi connectivity index (χ1) is 15.7. The van der Waals surface area contributed by atoms with Crippen LogP contribution in [0.15, 0.2) is 54.6 Å². The van der Waals surface area contributed by atoms with Gasteiger partial charge < -0.3 is 9.64 Å². The molecule has 5 nitrogen and oxygen atoms in total. The van der Waals surface area contributed by atoms with E-state index in [1.54, 1.807) is 6.92 Å². The Morgan fingerprint density at radius 1 is 1.06 bits per heavy atom. The highest BCUT2D eigenvalue weighted by Gasteiger charge is 2.50. The molecule has 8 heteroatoms. The summed E-state index contributed by atoms with van der Waals surface area (Å²) in [5, 5.41) is 0. The number of nitrogens with zero attached hydrogens (tertiary/aromatic N) is 2. The highest BCUT2D eigenvalue weighted by Crippen LogP contribution is 2.38. The predicted molar refractivity (Wildman–Crippen MR) is 120 cm³/mol. The average molecular weight is 463 g/mol. The minimum absolute atomic E-state index is 0.0483. The van der Waals surface area contributed by atoms with E-state index in [1.807, 2.05) is 18.2 Å². The number of anilines is 1. The van der Waals surface area contributed by atoms with Gasteiger partial charge in [0.25, 0.3) is 0 Å². The largest absolute Gasteiger partial charge is 0.467 e. The molecule has 0 aliphatic carbocycles. The summed E-state index contributed by atoms with van der Waals surface area (Å²) in [6, 6.07) is 14.6. The van der Waals surface area contributed by atoms with Crippen LogP contribution in [0.1, 0.15) is 37.3 Å². The highest BCUT2D eigenvalue weighted by molar-refractivity contribution is 6.02. The minimum atomic E-state index is -4.56. The van der Waals surface area contributed by atoms with E-state index in [0.717, 1.165) is 25.1 Å². The lowest BCUT2D eigenvalue weighted by molar-refractivity contribution is -0.151. The van der Waals surface area contributed by atoms with Crippen LogP contribution in [-0.4, -0.2) is 49.1 Å². The second-order valence-corrected chi connectivity index (χ2v) is 8.23. The number of piperidine rings is 1. The Morgan fingerprint density at radius 2 is 1.73 bits per heavy atom. The summed E-state index contributed by atoms with van der Waals surface area (Å²) in [5.74, 6) is -1.03. The Morgan fingerprint density at radius 3 is 2.30 bits per heavy atom. The lowest BCUT2D eigenvalue weighted by Crippen LogP contribution is -2.62. The molecule has 0 atom stereocenters. The molecule has 2 aromatic carbocycles. The summed E-state index contributed by atoms with van der Waals surface area (Å²) in [6.07, 6.45) is -3.12. The van der Waals surface area contributed by atoms with E-state index >= 15 is 0 Å². The first-order valence-corrected chi connectivity index (χ1v) is 11.1. The first kappa shape index (κ1) is 24.8. The molecule has 1 saturated heterocycles. The molecular weight excluding hydrogens is 433 g/mol. The molecule has 1 aliphatic rings. The Balaban J connectivity index is 1.88. The number of rotatable bonds is 7. The molecule has 1 amide bonds. The van der Waals surface area contributed by atoms with Crippen molar-refractivity contribution in [3.05, 3.63) is 65.7 Å². The highest BCUT2D eigenvalue weighted by atomic mass is 19.4. The van der Waals surface area contributed by atoms with Gasteiger partial charge in [0.05, 0.1) is 12.7 Å². The number of methoxy groups -OCH3 is 1. The SMILES string of the molecule is CCC(=O)N(c1cccc(C(F)(F)F)c1)C1(C(=O)OC)CCN(CCc2ccccc2)CC1. The van der Waals surface area contributed by atoms with Gasteiger partial charge in [-0.2, -0.15) is 13.2 Å². The molecule has 0 N–H and O–H groups in total. The third-order valence-corrected chi connectivity index (χ3v) is 6.22. The standard InChI is InChI=1S/C25H29F3N2O3/c1-3-22(31)30(21-11-7-10-20(18-21)25(26,27)28)24(23(32)33-2)13-16-29(17-14-24)15-12-19-8-5-4-6-9-19/h4-11,18H,3,12-17H2,1-2H3. The second kappa shape index (κ2) is 10.4. The fraction of sp³-hybridized carbons (Fsp3) is 0.440. The Kier molecular flexibility index (Phi) is 7.79. The molecule has 0 aromatic heterocycles. The number of hydrogen-bond donors (Lipinski definition) is 0. The zero-order valence-corrected chi connectivity index (χ0v) is 18.9. The summed E-state index contributed by atoms with van der Waals surface area (Å²) in [5.41, 5.74) is -0.960. The normalized spacial score (nSPS) is 16.3. The second-order valence-electron chi connectivity index (χ2n) is 8.23. The summed E-state index contributed by atoms with van der Waals surface area (Å²) in [4.78, 5) is 29.5. The number of likely N-dealkylation sites (tertiary alicyclic amines) is 1. The monoisotopic (exact) mass is 462 g/mol. The van der Waals surface area contributed by atoms with Crippen molar-refractivity contribution in [2.75, 3.05) is 31.6 Å². The van der Waals surface area contributed by atoms with Crippen molar-refractivity contribution >= 4 is 17.6 Å². The van der Waals surface area contributed by atoms with Gasteiger partial charge in [-0.25, -0.2) is 4.79 Å². The molecule has 1 heterocycles. The Bertz CT molecular complexity index is 955. The van der Waals surface area contributed by atoms with Gasteiger partial charge in [-0.1, -0.05) is 43.3 Å².